The molecule has 2 aromatic heterocycles. The summed E-state index contributed by atoms with van der Waals surface area (Å²) in [5.74, 6) is 1.32. The van der Waals surface area contributed by atoms with Gasteiger partial charge in [-0.2, -0.15) is 0 Å². The van der Waals surface area contributed by atoms with Gasteiger partial charge in [-0.3, -0.25) is 14.3 Å². The van der Waals surface area contributed by atoms with Crippen LogP contribution >= 0.6 is 0 Å². The summed E-state index contributed by atoms with van der Waals surface area (Å²) >= 11 is 0. The van der Waals surface area contributed by atoms with Gasteiger partial charge >= 0.3 is 0 Å². The Kier molecular flexibility index (Phi) is 5.53. The monoisotopic (exact) mass is 453 g/mol. The molecule has 2 aliphatic heterocycles. The number of benzene rings is 1. The van der Waals surface area contributed by atoms with Gasteiger partial charge in [-0.1, -0.05) is 36.4 Å². The lowest BCUT2D eigenvalue weighted by Crippen LogP contribution is -2.39. The van der Waals surface area contributed by atoms with E-state index in [0.717, 1.165) is 64.4 Å². The van der Waals surface area contributed by atoms with Crippen molar-refractivity contribution in [3.63, 3.8) is 0 Å². The van der Waals surface area contributed by atoms with E-state index in [-0.39, 0.29) is 11.3 Å². The zero-order chi connectivity index (χ0) is 23.0. The average molecular weight is 454 g/mol. The van der Waals surface area contributed by atoms with Crippen LogP contribution in [0.1, 0.15) is 36.9 Å². The van der Waals surface area contributed by atoms with Crippen molar-refractivity contribution in [1.82, 2.24) is 24.3 Å². The van der Waals surface area contributed by atoms with Crippen LogP contribution in [-0.4, -0.2) is 56.4 Å². The maximum atomic E-state index is 13.3. The third kappa shape index (κ3) is 4.07. The lowest BCUT2D eigenvalue weighted by Gasteiger charge is -2.34. The number of amides is 1. The minimum atomic E-state index is 0.225. The Balaban J connectivity index is 1.03. The summed E-state index contributed by atoms with van der Waals surface area (Å²) in [6.07, 6.45) is 12.1. The third-order valence-corrected chi connectivity index (χ3v) is 7.99. The van der Waals surface area contributed by atoms with Gasteiger partial charge in [0.05, 0.1) is 0 Å². The molecule has 0 unspecified atom stereocenters. The molecule has 6 nitrogen and oxygen atoms in total. The van der Waals surface area contributed by atoms with E-state index in [2.05, 4.69) is 72.9 Å². The molecule has 2 fully saturated rings. The maximum absolute atomic E-state index is 13.3. The molecule has 1 saturated carbocycles. The number of likely N-dealkylation sites (tertiary alicyclic amines) is 1. The quantitative estimate of drug-likeness (QED) is 0.582. The van der Waals surface area contributed by atoms with Crippen LogP contribution in [0.5, 0.6) is 0 Å². The average Bonchev–Trinajstić information content (AvgIpc) is 3.40. The van der Waals surface area contributed by atoms with Crippen molar-refractivity contribution in [3.8, 4) is 5.95 Å². The molecule has 4 heterocycles. The molecule has 174 valence electrons. The summed E-state index contributed by atoms with van der Waals surface area (Å²) in [7, 11) is 0. The topological polar surface area (TPSA) is 54.3 Å². The molecular formula is C28H31N5O. The van der Waals surface area contributed by atoms with Crippen LogP contribution in [0.3, 0.4) is 0 Å². The molecule has 1 aliphatic carbocycles. The fourth-order valence-electron chi connectivity index (χ4n) is 5.79. The fourth-order valence-corrected chi connectivity index (χ4v) is 5.79. The number of piperidine rings is 1. The van der Waals surface area contributed by atoms with Gasteiger partial charge in [0.1, 0.15) is 0 Å². The second-order valence-corrected chi connectivity index (χ2v) is 9.94. The third-order valence-electron chi connectivity index (χ3n) is 7.99. The standard InChI is InChI=1S/C28H31N5O/c34-26(32-16-9-23(10-17-32)22-6-2-1-3-7-22)25-20-28(25)11-18-31(19-12-28)21-24-8-4-15-33(24)27-29-13-5-14-30-27/h1-9,13-15,25H,10-12,16-21H2/t25-/m0/s1. The van der Waals surface area contributed by atoms with Crippen molar-refractivity contribution in [2.75, 3.05) is 26.2 Å². The molecule has 1 saturated heterocycles. The fraction of sp³-hybridized carbons (Fsp3) is 0.393. The highest BCUT2D eigenvalue weighted by atomic mass is 16.2. The number of hydrogen-bond donors (Lipinski definition) is 0. The Morgan fingerprint density at radius 2 is 1.76 bits per heavy atom. The van der Waals surface area contributed by atoms with E-state index in [4.69, 9.17) is 0 Å². The van der Waals surface area contributed by atoms with Crippen molar-refractivity contribution < 1.29 is 4.79 Å². The smallest absolute Gasteiger partial charge is 0.233 e. The Labute approximate surface area is 200 Å². The molecule has 0 N–H and O–H groups in total. The highest BCUT2D eigenvalue weighted by Crippen LogP contribution is 2.60. The Bertz CT molecular complexity index is 1180. The van der Waals surface area contributed by atoms with Crippen LogP contribution in [0.25, 0.3) is 11.5 Å². The highest BCUT2D eigenvalue weighted by molar-refractivity contribution is 5.84. The van der Waals surface area contributed by atoms with E-state index >= 15 is 0 Å². The second-order valence-electron chi connectivity index (χ2n) is 9.94. The first kappa shape index (κ1) is 21.3. The van der Waals surface area contributed by atoms with Gasteiger partial charge in [0.25, 0.3) is 0 Å². The number of hydrogen-bond acceptors (Lipinski definition) is 4. The molecule has 1 spiro atoms. The van der Waals surface area contributed by atoms with Gasteiger partial charge in [-0.15, -0.1) is 0 Å². The lowest BCUT2D eigenvalue weighted by atomic mass is 9.90. The summed E-state index contributed by atoms with van der Waals surface area (Å²) in [5, 5.41) is 0. The van der Waals surface area contributed by atoms with Crippen molar-refractivity contribution in [3.05, 3.63) is 84.5 Å². The molecule has 0 bridgehead atoms. The second kappa shape index (κ2) is 8.84. The molecule has 1 aromatic carbocycles. The van der Waals surface area contributed by atoms with Crippen molar-refractivity contribution >= 4 is 11.5 Å². The van der Waals surface area contributed by atoms with E-state index in [1.165, 1.54) is 16.8 Å². The van der Waals surface area contributed by atoms with E-state index < -0.39 is 0 Å². The molecule has 6 heteroatoms. The van der Waals surface area contributed by atoms with E-state index in [0.29, 0.717) is 5.91 Å². The Hall–Kier alpha value is -3.25. The Morgan fingerprint density at radius 3 is 2.50 bits per heavy atom. The van der Waals surface area contributed by atoms with E-state index in [1.807, 2.05) is 12.3 Å². The van der Waals surface area contributed by atoms with Crippen molar-refractivity contribution in [1.29, 1.82) is 0 Å². The summed E-state index contributed by atoms with van der Waals surface area (Å²) < 4.78 is 2.07. The molecule has 6 rings (SSSR count). The highest BCUT2D eigenvalue weighted by Gasteiger charge is 2.59. The zero-order valence-electron chi connectivity index (χ0n) is 19.5. The van der Waals surface area contributed by atoms with Gasteiger partial charge in [0, 0.05) is 49.8 Å². The molecule has 34 heavy (non-hydrogen) atoms. The zero-order valence-corrected chi connectivity index (χ0v) is 19.5. The summed E-state index contributed by atoms with van der Waals surface area (Å²) in [6, 6.07) is 16.6. The molecule has 1 atom stereocenters. The largest absolute Gasteiger partial charge is 0.338 e. The van der Waals surface area contributed by atoms with Crippen LogP contribution in [0, 0.1) is 11.3 Å². The van der Waals surface area contributed by atoms with Gasteiger partial charge in [-0.25, -0.2) is 9.97 Å². The summed E-state index contributed by atoms with van der Waals surface area (Å²) in [5.41, 5.74) is 4.10. The minimum Gasteiger partial charge on any atom is -0.338 e. The van der Waals surface area contributed by atoms with Gasteiger partial charge in [-0.05, 0) is 73.5 Å². The number of nitrogens with zero attached hydrogens (tertiary/aromatic N) is 5. The van der Waals surface area contributed by atoms with Gasteiger partial charge in [0.2, 0.25) is 11.9 Å². The first-order valence-electron chi connectivity index (χ1n) is 12.4. The van der Waals surface area contributed by atoms with Crippen molar-refractivity contribution in [2.45, 2.75) is 32.2 Å². The van der Waals surface area contributed by atoms with Crippen molar-refractivity contribution in [2.24, 2.45) is 11.3 Å². The summed E-state index contributed by atoms with van der Waals surface area (Å²) in [4.78, 5) is 26.7. The Morgan fingerprint density at radius 1 is 0.971 bits per heavy atom. The normalized spacial score (nSPS) is 21.9. The molecule has 0 radical (unpaired) electrons. The van der Waals surface area contributed by atoms with Crippen LogP contribution < -0.4 is 0 Å². The maximum Gasteiger partial charge on any atom is 0.233 e. The van der Waals surface area contributed by atoms with Gasteiger partial charge < -0.3 is 4.90 Å². The number of carbonyl (C=O) groups is 1. The van der Waals surface area contributed by atoms with Crippen LogP contribution in [0.15, 0.2) is 73.2 Å². The number of carbonyl (C=O) groups excluding carboxylic acids is 1. The SMILES string of the molecule is O=C([C@@H]1CC12CCN(Cc1cccn1-c1ncccn1)CC2)N1CC=C(c2ccccc2)CC1. The predicted octanol–water partition coefficient (Wildman–Crippen LogP) is 4.19. The van der Waals surface area contributed by atoms with E-state index in [9.17, 15) is 4.79 Å². The van der Waals surface area contributed by atoms with Crippen LogP contribution in [0.2, 0.25) is 0 Å². The number of rotatable bonds is 5. The predicted molar refractivity (Wildman–Crippen MR) is 132 cm³/mol. The minimum absolute atomic E-state index is 0.225. The summed E-state index contributed by atoms with van der Waals surface area (Å²) in [6.45, 7) is 4.57. The van der Waals surface area contributed by atoms with E-state index in [1.54, 1.807) is 12.4 Å². The molecule has 3 aromatic rings. The van der Waals surface area contributed by atoms with Gasteiger partial charge in [0.15, 0.2) is 0 Å². The molecule has 3 aliphatic rings. The van der Waals surface area contributed by atoms with Crippen LogP contribution in [-0.2, 0) is 11.3 Å². The van der Waals surface area contributed by atoms with Crippen LogP contribution in [0.4, 0.5) is 0 Å². The number of aromatic nitrogens is 3. The lowest BCUT2D eigenvalue weighted by molar-refractivity contribution is -0.133. The molecule has 1 amide bonds. The molecular weight excluding hydrogens is 422 g/mol. The first-order valence-corrected chi connectivity index (χ1v) is 12.4. The first-order chi connectivity index (χ1) is 16.7.